The molecule has 6 nitrogen and oxygen atoms in total. The van der Waals surface area contributed by atoms with Gasteiger partial charge in [0, 0.05) is 0 Å². The first-order chi connectivity index (χ1) is 11.6. The van der Waals surface area contributed by atoms with Crippen molar-refractivity contribution in [2.24, 2.45) is 5.50 Å². The molecule has 0 saturated carbocycles. The van der Waals surface area contributed by atoms with Crippen LogP contribution < -0.4 is 5.50 Å². The summed E-state index contributed by atoms with van der Waals surface area (Å²) in [6, 6.07) is 18.5. The Morgan fingerprint density at radius 1 is 0.875 bits per heavy atom. The molecule has 0 bridgehead atoms. The van der Waals surface area contributed by atoms with Gasteiger partial charge < -0.3 is 4.74 Å². The minimum absolute atomic E-state index is 0.0529. The van der Waals surface area contributed by atoms with E-state index in [1.807, 2.05) is 60.7 Å². The van der Waals surface area contributed by atoms with Crippen LogP contribution in [0.1, 0.15) is 17.5 Å². The fourth-order valence-electron chi connectivity index (χ4n) is 1.84. The van der Waals surface area contributed by atoms with Gasteiger partial charge in [-0.3, -0.25) is 13.8 Å². The number of rotatable bonds is 9. The number of benzene rings is 2. The number of carbonyl (C=O) groups is 1. The quantitative estimate of drug-likeness (QED) is 0.551. The molecule has 0 amide bonds. The smallest absolute Gasteiger partial charge is 0.403 e. The first-order valence-corrected chi connectivity index (χ1v) is 9.07. The standard InChI is InChI=1S/C17H20NO5P/c18-24(20,23-14-16-9-5-2-6-10-16)22-12-11-17(19)21-13-15-7-3-1-4-8-15/h1-10H,11-14H2,(H2,18,20). The molecule has 0 saturated heterocycles. The van der Waals surface area contributed by atoms with Crippen molar-refractivity contribution in [1.82, 2.24) is 0 Å². The Labute approximate surface area is 141 Å². The molecule has 24 heavy (non-hydrogen) atoms. The average molecular weight is 349 g/mol. The highest BCUT2D eigenvalue weighted by molar-refractivity contribution is 7.51. The molecule has 2 rings (SSSR count). The van der Waals surface area contributed by atoms with E-state index >= 15 is 0 Å². The third-order valence-corrected chi connectivity index (χ3v) is 4.11. The van der Waals surface area contributed by atoms with Crippen molar-refractivity contribution >= 4 is 13.7 Å². The van der Waals surface area contributed by atoms with E-state index in [9.17, 15) is 9.36 Å². The second-order valence-electron chi connectivity index (χ2n) is 5.03. The first kappa shape index (κ1) is 18.4. The van der Waals surface area contributed by atoms with Gasteiger partial charge in [0.1, 0.15) is 6.61 Å². The van der Waals surface area contributed by atoms with E-state index in [1.165, 1.54) is 0 Å². The molecule has 2 aromatic carbocycles. The molecule has 1 atom stereocenters. The predicted molar refractivity (Wildman–Crippen MR) is 89.8 cm³/mol. The van der Waals surface area contributed by atoms with Crippen LogP contribution in [0.5, 0.6) is 0 Å². The maximum atomic E-state index is 11.9. The van der Waals surface area contributed by atoms with Crippen molar-refractivity contribution in [1.29, 1.82) is 0 Å². The Balaban J connectivity index is 1.64. The summed E-state index contributed by atoms with van der Waals surface area (Å²) in [5.41, 5.74) is 7.19. The molecule has 2 aromatic rings. The minimum Gasteiger partial charge on any atom is -0.461 e. The third kappa shape index (κ3) is 7.06. The van der Waals surface area contributed by atoms with Crippen molar-refractivity contribution in [3.63, 3.8) is 0 Å². The van der Waals surface area contributed by atoms with Crippen LogP contribution in [0.3, 0.4) is 0 Å². The van der Waals surface area contributed by atoms with Gasteiger partial charge in [-0.05, 0) is 11.1 Å². The van der Waals surface area contributed by atoms with E-state index in [-0.39, 0.29) is 26.2 Å². The van der Waals surface area contributed by atoms with Crippen molar-refractivity contribution in [2.45, 2.75) is 19.6 Å². The highest BCUT2D eigenvalue weighted by Gasteiger charge is 2.19. The summed E-state index contributed by atoms with van der Waals surface area (Å²) >= 11 is 0. The second-order valence-corrected chi connectivity index (χ2v) is 6.62. The van der Waals surface area contributed by atoms with Crippen LogP contribution in [-0.4, -0.2) is 12.6 Å². The summed E-state index contributed by atoms with van der Waals surface area (Å²) in [5, 5.41) is 0. The van der Waals surface area contributed by atoms with Gasteiger partial charge in [-0.25, -0.2) is 10.1 Å². The van der Waals surface area contributed by atoms with Crippen molar-refractivity contribution < 1.29 is 23.1 Å². The van der Waals surface area contributed by atoms with Gasteiger partial charge in [0.25, 0.3) is 0 Å². The van der Waals surface area contributed by atoms with Gasteiger partial charge in [0.15, 0.2) is 0 Å². The maximum Gasteiger partial charge on any atom is 0.403 e. The molecule has 0 heterocycles. The number of hydrogen-bond acceptors (Lipinski definition) is 5. The maximum absolute atomic E-state index is 11.9. The molecular weight excluding hydrogens is 329 g/mol. The minimum atomic E-state index is -3.70. The predicted octanol–water partition coefficient (Wildman–Crippen LogP) is 3.42. The topological polar surface area (TPSA) is 87.9 Å². The number of nitrogens with two attached hydrogens (primary N) is 1. The number of esters is 1. The molecule has 0 aromatic heterocycles. The Morgan fingerprint density at radius 2 is 1.42 bits per heavy atom. The van der Waals surface area contributed by atoms with Crippen LogP contribution in [0.15, 0.2) is 60.7 Å². The highest BCUT2D eigenvalue weighted by Crippen LogP contribution is 2.40. The molecule has 1 unspecified atom stereocenters. The van der Waals surface area contributed by atoms with E-state index in [0.29, 0.717) is 0 Å². The van der Waals surface area contributed by atoms with Gasteiger partial charge in [-0.15, -0.1) is 0 Å². The molecular formula is C17H20NO5P. The summed E-state index contributed by atoms with van der Waals surface area (Å²) in [6.07, 6.45) is -0.0529. The molecule has 0 spiro atoms. The lowest BCUT2D eigenvalue weighted by molar-refractivity contribution is -0.145. The van der Waals surface area contributed by atoms with E-state index < -0.39 is 13.7 Å². The van der Waals surface area contributed by atoms with E-state index in [2.05, 4.69) is 0 Å². The Bertz CT molecular complexity index is 678. The van der Waals surface area contributed by atoms with Crippen LogP contribution in [0.4, 0.5) is 0 Å². The molecule has 0 aliphatic rings. The monoisotopic (exact) mass is 349 g/mol. The summed E-state index contributed by atoms with van der Waals surface area (Å²) in [7, 11) is -3.70. The third-order valence-electron chi connectivity index (χ3n) is 3.07. The van der Waals surface area contributed by atoms with Crippen molar-refractivity contribution in [3.05, 3.63) is 71.8 Å². The normalized spacial score (nSPS) is 13.2. The zero-order valence-corrected chi connectivity index (χ0v) is 14.1. The molecule has 128 valence electrons. The Morgan fingerprint density at radius 3 is 2.00 bits per heavy atom. The van der Waals surface area contributed by atoms with Crippen LogP contribution in [0.2, 0.25) is 0 Å². The lowest BCUT2D eigenvalue weighted by Crippen LogP contribution is -2.11. The van der Waals surface area contributed by atoms with Gasteiger partial charge >= 0.3 is 13.7 Å². The van der Waals surface area contributed by atoms with Crippen molar-refractivity contribution in [2.75, 3.05) is 6.61 Å². The molecule has 0 fully saturated rings. The zero-order chi connectivity index (χ0) is 17.3. The Hall–Kier alpha value is -1.98. The zero-order valence-electron chi connectivity index (χ0n) is 13.2. The summed E-state index contributed by atoms with van der Waals surface area (Å²) in [4.78, 5) is 11.6. The first-order valence-electron chi connectivity index (χ1n) is 7.46. The van der Waals surface area contributed by atoms with E-state index in [1.54, 1.807) is 0 Å². The number of ether oxygens (including phenoxy) is 1. The number of hydrogen-bond donors (Lipinski definition) is 1. The molecule has 0 aliphatic heterocycles. The van der Waals surface area contributed by atoms with Gasteiger partial charge in [-0.2, -0.15) is 0 Å². The SMILES string of the molecule is NP(=O)(OCCC(=O)OCc1ccccc1)OCc1ccccc1. The molecule has 0 radical (unpaired) electrons. The summed E-state index contributed by atoms with van der Waals surface area (Å²) in [6.45, 7) is 0.133. The van der Waals surface area contributed by atoms with Crippen LogP contribution in [-0.2, 0) is 36.4 Å². The van der Waals surface area contributed by atoms with Crippen molar-refractivity contribution in [3.8, 4) is 0 Å². The Kier molecular flexibility index (Phi) is 7.15. The molecule has 7 heteroatoms. The van der Waals surface area contributed by atoms with E-state index in [0.717, 1.165) is 11.1 Å². The highest BCUT2D eigenvalue weighted by atomic mass is 31.2. The van der Waals surface area contributed by atoms with Crippen LogP contribution in [0.25, 0.3) is 0 Å². The van der Waals surface area contributed by atoms with Crippen LogP contribution >= 0.6 is 7.75 Å². The fourth-order valence-corrected chi connectivity index (χ4v) is 2.59. The summed E-state index contributed by atoms with van der Waals surface area (Å²) < 4.78 is 27.1. The van der Waals surface area contributed by atoms with E-state index in [4.69, 9.17) is 19.3 Å². The lowest BCUT2D eigenvalue weighted by atomic mass is 10.2. The number of carbonyl (C=O) groups excluding carboxylic acids is 1. The lowest BCUT2D eigenvalue weighted by Gasteiger charge is -2.13. The van der Waals surface area contributed by atoms with Gasteiger partial charge in [-0.1, -0.05) is 60.7 Å². The average Bonchev–Trinajstić information content (AvgIpc) is 2.60. The van der Waals surface area contributed by atoms with Crippen LogP contribution in [0, 0.1) is 0 Å². The largest absolute Gasteiger partial charge is 0.461 e. The molecule has 2 N–H and O–H groups in total. The van der Waals surface area contributed by atoms with Gasteiger partial charge in [0.05, 0.1) is 19.6 Å². The molecule has 0 aliphatic carbocycles. The van der Waals surface area contributed by atoms with Gasteiger partial charge in [0.2, 0.25) is 0 Å². The fraction of sp³-hybridized carbons (Fsp3) is 0.235. The summed E-state index contributed by atoms with van der Waals surface area (Å²) in [5.74, 6) is -0.457. The second kappa shape index (κ2) is 9.35.